The molecule has 4 heterocycles. The number of anilines is 1. The van der Waals surface area contributed by atoms with Crippen LogP contribution in [0.3, 0.4) is 0 Å². The maximum absolute atomic E-state index is 14.6. The van der Waals surface area contributed by atoms with E-state index in [0.29, 0.717) is 22.6 Å². The van der Waals surface area contributed by atoms with Gasteiger partial charge < -0.3 is 4.74 Å². The summed E-state index contributed by atoms with van der Waals surface area (Å²) in [6.45, 7) is 3.82. The van der Waals surface area contributed by atoms with Crippen LogP contribution < -0.4 is 4.90 Å². The number of hydrogen-bond donors (Lipinski definition) is 0. The van der Waals surface area contributed by atoms with Crippen LogP contribution in [0.15, 0.2) is 85.3 Å². The van der Waals surface area contributed by atoms with E-state index >= 15 is 0 Å². The third-order valence-electron chi connectivity index (χ3n) is 6.33. The van der Waals surface area contributed by atoms with Gasteiger partial charge in [0.15, 0.2) is 5.65 Å². The Morgan fingerprint density at radius 1 is 0.972 bits per heavy atom. The third-order valence-corrected chi connectivity index (χ3v) is 6.33. The minimum absolute atomic E-state index is 0.265. The smallest absolute Gasteiger partial charge is 0.415 e. The summed E-state index contributed by atoms with van der Waals surface area (Å²) in [5, 5.41) is 12.1. The summed E-state index contributed by atoms with van der Waals surface area (Å²) in [6, 6.07) is 22.1. The van der Waals surface area contributed by atoms with Crippen molar-refractivity contribution < 1.29 is 13.9 Å². The van der Waals surface area contributed by atoms with Crippen LogP contribution in [0, 0.1) is 5.95 Å². The topological polar surface area (TPSA) is 85.5 Å². The molecule has 2 aromatic carbocycles. The number of cyclic esters (lactones) is 1. The zero-order valence-corrected chi connectivity index (χ0v) is 19.5. The molecule has 8 nitrogen and oxygen atoms in total. The van der Waals surface area contributed by atoms with Crippen molar-refractivity contribution in [2.75, 3.05) is 4.90 Å². The number of fused-ring (bicyclic) bond motifs is 1. The monoisotopic (exact) mass is 480 g/mol. The van der Waals surface area contributed by atoms with E-state index in [9.17, 15) is 9.18 Å². The van der Waals surface area contributed by atoms with Gasteiger partial charge >= 0.3 is 6.09 Å². The Kier molecular flexibility index (Phi) is 4.99. The molecule has 36 heavy (non-hydrogen) atoms. The Balaban J connectivity index is 1.35. The predicted octanol–water partition coefficient (Wildman–Crippen LogP) is 5.47. The average Bonchev–Trinajstić information content (AvgIpc) is 3.45. The van der Waals surface area contributed by atoms with Crippen LogP contribution in [0.25, 0.3) is 28.0 Å². The van der Waals surface area contributed by atoms with Crippen LogP contribution in [0.5, 0.6) is 0 Å². The molecule has 0 saturated carbocycles. The Labute approximate surface area is 206 Å². The van der Waals surface area contributed by atoms with Gasteiger partial charge in [-0.25, -0.2) is 9.78 Å². The molecule has 1 aliphatic heterocycles. The highest BCUT2D eigenvalue weighted by Crippen LogP contribution is 2.44. The third kappa shape index (κ3) is 3.65. The van der Waals surface area contributed by atoms with E-state index < -0.39 is 17.6 Å². The van der Waals surface area contributed by atoms with E-state index in [4.69, 9.17) is 4.74 Å². The maximum Gasteiger partial charge on any atom is 0.415 e. The van der Waals surface area contributed by atoms with Crippen molar-refractivity contribution >= 4 is 17.4 Å². The number of nitrogens with zero attached hydrogens (tertiary/aromatic N) is 6. The highest BCUT2D eigenvalue weighted by Gasteiger charge is 2.49. The van der Waals surface area contributed by atoms with Crippen molar-refractivity contribution in [1.82, 2.24) is 24.8 Å². The summed E-state index contributed by atoms with van der Waals surface area (Å²) in [6.07, 6.45) is 2.54. The number of aromatic nitrogens is 5. The molecule has 6 rings (SSSR count). The molecule has 3 aromatic heterocycles. The SMILES string of the molecule is CC1(C)OC(=O)N(c2ccc(-c3cnc(F)c(-c4ccc5nncn5n4)c3)cc2)C1c1ccccc1. The van der Waals surface area contributed by atoms with E-state index in [2.05, 4.69) is 20.3 Å². The minimum atomic E-state index is -0.703. The lowest BCUT2D eigenvalue weighted by Gasteiger charge is -2.29. The molecule has 5 aromatic rings. The van der Waals surface area contributed by atoms with Crippen molar-refractivity contribution in [3.63, 3.8) is 0 Å². The normalized spacial score (nSPS) is 16.9. The second-order valence-corrected chi connectivity index (χ2v) is 9.12. The lowest BCUT2D eigenvalue weighted by molar-refractivity contribution is 0.0685. The number of pyridine rings is 1. The largest absolute Gasteiger partial charge is 0.441 e. The van der Waals surface area contributed by atoms with Crippen molar-refractivity contribution in [3.05, 3.63) is 96.8 Å². The van der Waals surface area contributed by atoms with E-state index in [-0.39, 0.29) is 11.6 Å². The van der Waals surface area contributed by atoms with Crippen molar-refractivity contribution in [3.8, 4) is 22.4 Å². The fourth-order valence-electron chi connectivity index (χ4n) is 4.66. The summed E-state index contributed by atoms with van der Waals surface area (Å²) < 4.78 is 21.8. The highest BCUT2D eigenvalue weighted by molar-refractivity contribution is 5.92. The van der Waals surface area contributed by atoms with Gasteiger partial charge in [-0.3, -0.25) is 4.90 Å². The number of amides is 1. The van der Waals surface area contributed by atoms with Crippen molar-refractivity contribution in [2.24, 2.45) is 0 Å². The molecule has 0 N–H and O–H groups in total. The van der Waals surface area contributed by atoms with E-state index in [1.807, 2.05) is 68.4 Å². The number of carbonyl (C=O) groups is 1. The maximum atomic E-state index is 14.6. The summed E-state index contributed by atoms with van der Waals surface area (Å²) >= 11 is 0. The molecule has 0 bridgehead atoms. The van der Waals surface area contributed by atoms with Crippen LogP contribution in [0.1, 0.15) is 25.5 Å². The van der Waals surface area contributed by atoms with Gasteiger partial charge in [-0.2, -0.15) is 14.0 Å². The molecule has 1 atom stereocenters. The molecule has 0 aliphatic carbocycles. The molecule has 1 fully saturated rings. The molecule has 1 unspecified atom stereocenters. The molecule has 1 amide bonds. The van der Waals surface area contributed by atoms with Crippen LogP contribution >= 0.6 is 0 Å². The fourth-order valence-corrected chi connectivity index (χ4v) is 4.66. The predicted molar refractivity (Wildman–Crippen MR) is 132 cm³/mol. The van der Waals surface area contributed by atoms with Crippen LogP contribution in [0.2, 0.25) is 0 Å². The lowest BCUT2D eigenvalue weighted by Crippen LogP contribution is -2.33. The number of carbonyl (C=O) groups excluding carboxylic acids is 1. The van der Waals surface area contributed by atoms with Crippen LogP contribution in [-0.2, 0) is 4.74 Å². The first kappa shape index (κ1) is 21.8. The highest BCUT2D eigenvalue weighted by atomic mass is 19.1. The second-order valence-electron chi connectivity index (χ2n) is 9.12. The van der Waals surface area contributed by atoms with Gasteiger partial charge in [0.05, 0.1) is 11.3 Å². The van der Waals surface area contributed by atoms with Gasteiger partial charge in [0.1, 0.15) is 18.0 Å². The Bertz CT molecular complexity index is 1580. The number of ether oxygens (including phenoxy) is 1. The van der Waals surface area contributed by atoms with E-state index in [1.54, 1.807) is 23.1 Å². The zero-order chi connectivity index (χ0) is 24.9. The average molecular weight is 481 g/mol. The first-order chi connectivity index (χ1) is 17.4. The Morgan fingerprint density at radius 3 is 2.53 bits per heavy atom. The van der Waals surface area contributed by atoms with Gasteiger partial charge in [0.2, 0.25) is 5.95 Å². The van der Waals surface area contributed by atoms with Gasteiger partial charge in [0.25, 0.3) is 0 Å². The van der Waals surface area contributed by atoms with Gasteiger partial charge in [-0.15, -0.1) is 10.2 Å². The molecule has 1 saturated heterocycles. The standard InChI is InChI=1S/C27H21FN6O2/c1-27(2)24(18-6-4-3-5-7-18)34(26(35)36-27)20-10-8-17(9-11-20)19-14-21(25(28)29-15-19)22-12-13-23-31-30-16-33(23)32-22/h3-16,24H,1-2H3. The number of rotatable bonds is 4. The first-order valence-electron chi connectivity index (χ1n) is 11.4. The van der Waals surface area contributed by atoms with Gasteiger partial charge in [0, 0.05) is 17.4 Å². The Morgan fingerprint density at radius 2 is 1.75 bits per heavy atom. The summed E-state index contributed by atoms with van der Waals surface area (Å²) in [5.41, 5.74) is 3.77. The van der Waals surface area contributed by atoms with Crippen molar-refractivity contribution in [1.29, 1.82) is 0 Å². The summed E-state index contributed by atoms with van der Waals surface area (Å²) in [5.74, 6) is -0.622. The lowest BCUT2D eigenvalue weighted by atomic mass is 9.91. The Hall–Kier alpha value is -4.66. The summed E-state index contributed by atoms with van der Waals surface area (Å²) in [7, 11) is 0. The molecular formula is C27H21FN6O2. The van der Waals surface area contributed by atoms with Crippen LogP contribution in [0.4, 0.5) is 14.9 Å². The van der Waals surface area contributed by atoms with Crippen LogP contribution in [-0.4, -0.2) is 36.5 Å². The molecule has 0 spiro atoms. The second kappa shape index (κ2) is 8.23. The minimum Gasteiger partial charge on any atom is -0.441 e. The number of hydrogen-bond acceptors (Lipinski definition) is 6. The quantitative estimate of drug-likeness (QED) is 0.317. The van der Waals surface area contributed by atoms with Gasteiger partial charge in [-0.1, -0.05) is 42.5 Å². The fraction of sp³-hybridized carbons (Fsp3) is 0.148. The first-order valence-corrected chi connectivity index (χ1v) is 11.4. The molecule has 9 heteroatoms. The molecule has 178 valence electrons. The molecular weight excluding hydrogens is 459 g/mol. The number of benzene rings is 2. The van der Waals surface area contributed by atoms with E-state index in [0.717, 1.165) is 11.1 Å². The zero-order valence-electron chi connectivity index (χ0n) is 19.5. The summed E-state index contributed by atoms with van der Waals surface area (Å²) in [4.78, 5) is 18.5. The van der Waals surface area contributed by atoms with Crippen molar-refractivity contribution in [2.45, 2.75) is 25.5 Å². The molecule has 1 aliphatic rings. The number of halogens is 1. The molecule has 0 radical (unpaired) electrons. The van der Waals surface area contributed by atoms with Gasteiger partial charge in [-0.05, 0) is 55.3 Å². The van der Waals surface area contributed by atoms with E-state index in [1.165, 1.54) is 17.0 Å².